The van der Waals surface area contributed by atoms with Crippen LogP contribution in [0.3, 0.4) is 0 Å². The Morgan fingerprint density at radius 3 is 1.64 bits per heavy atom. The molecule has 10 nitrogen and oxygen atoms in total. The van der Waals surface area contributed by atoms with E-state index < -0.39 is 23.4 Å². The van der Waals surface area contributed by atoms with Gasteiger partial charge >= 0.3 is 11.9 Å². The molecule has 0 bridgehead atoms. The van der Waals surface area contributed by atoms with Crippen LogP contribution in [0.15, 0.2) is 6.20 Å². The largest absolute Gasteiger partial charge is 0.462 e. The smallest absolute Gasteiger partial charge is 0.306 e. The fraction of sp³-hybridized carbons (Fsp3) is 0.907. The molecule has 310 valence electrons. The first kappa shape index (κ1) is 49.0. The normalized spacial score (nSPS) is 13.3. The van der Waals surface area contributed by atoms with Crippen molar-refractivity contribution in [3.63, 3.8) is 0 Å². The Bertz CT molecular complexity index is 1040. The van der Waals surface area contributed by atoms with Crippen LogP contribution in [0.1, 0.15) is 208 Å². The summed E-state index contributed by atoms with van der Waals surface area (Å²) in [6.07, 6.45) is 28.6. The molecule has 1 rings (SSSR count). The number of aliphatic hydroxyl groups is 2. The number of aryl methyl sites for hydroxylation is 1. The maximum Gasteiger partial charge on any atom is 0.306 e. The molecule has 1 heterocycles. The van der Waals surface area contributed by atoms with E-state index in [1.54, 1.807) is 38.6 Å². The number of hydrogen-bond donors (Lipinski definition) is 2. The van der Waals surface area contributed by atoms with E-state index in [0.717, 1.165) is 38.5 Å². The Hall–Kier alpha value is -2.04. The molecular formula is C43H81N3O7. The van der Waals surface area contributed by atoms with Crippen LogP contribution in [-0.2, 0) is 36.8 Å². The molecule has 1 aromatic rings. The van der Waals surface area contributed by atoms with Crippen LogP contribution in [-0.4, -0.2) is 73.8 Å². The fourth-order valence-corrected chi connectivity index (χ4v) is 6.34. The van der Waals surface area contributed by atoms with Gasteiger partial charge in [0.05, 0.1) is 36.2 Å². The lowest BCUT2D eigenvalue weighted by Crippen LogP contribution is -2.43. The number of unbranched alkanes of at least 4 members (excludes halogenated alkanes) is 20. The van der Waals surface area contributed by atoms with Gasteiger partial charge in [0.15, 0.2) is 6.10 Å². The van der Waals surface area contributed by atoms with E-state index in [2.05, 4.69) is 24.2 Å². The van der Waals surface area contributed by atoms with Gasteiger partial charge in [-0.1, -0.05) is 147 Å². The monoisotopic (exact) mass is 752 g/mol. The van der Waals surface area contributed by atoms with Crippen LogP contribution < -0.4 is 0 Å². The molecule has 0 aromatic carbocycles. The van der Waals surface area contributed by atoms with Crippen molar-refractivity contribution in [2.45, 2.75) is 238 Å². The summed E-state index contributed by atoms with van der Waals surface area (Å²) in [5.74, 6) is -0.556. The molecule has 0 aliphatic heterocycles. The number of aliphatic hydroxyl groups excluding tert-OH is 1. The van der Waals surface area contributed by atoms with Crippen molar-refractivity contribution >= 4 is 11.9 Å². The number of carbonyl (C=O) groups excluding carboxylic acids is 2. The molecule has 2 N–H and O–H groups in total. The van der Waals surface area contributed by atoms with E-state index in [9.17, 15) is 19.8 Å². The highest BCUT2D eigenvalue weighted by Gasteiger charge is 2.31. The molecular weight excluding hydrogens is 670 g/mol. The second kappa shape index (κ2) is 30.2. The summed E-state index contributed by atoms with van der Waals surface area (Å²) in [6.45, 7) is 11.7. The Morgan fingerprint density at radius 1 is 0.717 bits per heavy atom. The first-order valence-electron chi connectivity index (χ1n) is 21.6. The molecule has 2 atom stereocenters. The highest BCUT2D eigenvalue weighted by atomic mass is 16.6. The minimum Gasteiger partial charge on any atom is -0.462 e. The third-order valence-electron chi connectivity index (χ3n) is 9.95. The molecule has 0 radical (unpaired) electrons. The zero-order valence-corrected chi connectivity index (χ0v) is 35.0. The molecule has 0 fully saturated rings. The van der Waals surface area contributed by atoms with Crippen molar-refractivity contribution in [1.82, 2.24) is 15.0 Å². The number of hydrogen-bond acceptors (Lipinski definition) is 9. The number of esters is 2. The maximum atomic E-state index is 12.9. The zero-order valence-electron chi connectivity index (χ0n) is 35.0. The number of nitrogens with zero attached hydrogens (tertiary/aromatic N) is 3. The summed E-state index contributed by atoms with van der Waals surface area (Å²) in [7, 11) is 0. The van der Waals surface area contributed by atoms with Gasteiger partial charge in [-0.25, -0.2) is 4.68 Å². The van der Waals surface area contributed by atoms with Gasteiger partial charge in [-0.15, -0.1) is 5.10 Å². The fourth-order valence-electron chi connectivity index (χ4n) is 6.34. The van der Waals surface area contributed by atoms with Gasteiger partial charge in [-0.2, -0.15) is 0 Å². The van der Waals surface area contributed by atoms with Crippen LogP contribution in [0.25, 0.3) is 0 Å². The first-order valence-corrected chi connectivity index (χ1v) is 21.6. The van der Waals surface area contributed by atoms with E-state index in [0.29, 0.717) is 31.4 Å². The second-order valence-electron chi connectivity index (χ2n) is 16.6. The van der Waals surface area contributed by atoms with Crippen LogP contribution in [0, 0.1) is 0 Å². The quantitative estimate of drug-likeness (QED) is 0.0508. The van der Waals surface area contributed by atoms with Gasteiger partial charge in [0, 0.05) is 19.0 Å². The Kier molecular flexibility index (Phi) is 27.9. The van der Waals surface area contributed by atoms with Crippen molar-refractivity contribution < 1.29 is 34.0 Å². The molecule has 2 unspecified atom stereocenters. The van der Waals surface area contributed by atoms with E-state index in [1.807, 2.05) is 0 Å². The predicted octanol–water partition coefficient (Wildman–Crippen LogP) is 9.99. The second-order valence-corrected chi connectivity index (χ2v) is 16.6. The van der Waals surface area contributed by atoms with Crippen LogP contribution >= 0.6 is 0 Å². The van der Waals surface area contributed by atoms with Gasteiger partial charge in [0.2, 0.25) is 0 Å². The summed E-state index contributed by atoms with van der Waals surface area (Å²) in [5.41, 5.74) is -1.16. The standard InChI is InChI=1S/C43H81N3O7/c1-7-9-11-13-15-17-19-21-23-25-27-29-40(48)51-35-38(53-41(49)30-28-26-24-22-20-18-16-14-12-10-8-2)34-46-33-37(44-45-46)31-32-39(47)43(5,6)52-36-42(3,4)50/h33,38-39,47,50H,7-32,34-36H2,1-6H3. The minimum atomic E-state index is -0.992. The first-order chi connectivity index (χ1) is 25.4. The maximum absolute atomic E-state index is 12.9. The lowest BCUT2D eigenvalue weighted by atomic mass is 9.96. The molecule has 0 aliphatic rings. The summed E-state index contributed by atoms with van der Waals surface area (Å²) in [4.78, 5) is 25.5. The van der Waals surface area contributed by atoms with Crippen molar-refractivity contribution in [3.8, 4) is 0 Å². The molecule has 10 heteroatoms. The zero-order chi connectivity index (χ0) is 39.2. The van der Waals surface area contributed by atoms with Gasteiger partial charge in [-0.3, -0.25) is 9.59 Å². The number of ether oxygens (including phenoxy) is 3. The van der Waals surface area contributed by atoms with E-state index in [4.69, 9.17) is 14.2 Å². The third kappa shape index (κ3) is 28.1. The van der Waals surface area contributed by atoms with Crippen molar-refractivity contribution in [3.05, 3.63) is 11.9 Å². The number of aromatic nitrogens is 3. The average molecular weight is 752 g/mol. The number of carbonyl (C=O) groups is 2. The van der Waals surface area contributed by atoms with Crippen molar-refractivity contribution in [2.24, 2.45) is 0 Å². The number of rotatable bonds is 36. The molecule has 0 saturated heterocycles. The molecule has 1 aromatic heterocycles. The molecule has 0 aliphatic carbocycles. The minimum absolute atomic E-state index is 0.0263. The molecule has 0 amide bonds. The highest BCUT2D eigenvalue weighted by Crippen LogP contribution is 2.21. The lowest BCUT2D eigenvalue weighted by molar-refractivity contribution is -0.160. The van der Waals surface area contributed by atoms with Gasteiger partial charge in [-0.05, 0) is 53.4 Å². The van der Waals surface area contributed by atoms with Crippen molar-refractivity contribution in [1.29, 1.82) is 0 Å². The summed E-state index contributed by atoms with van der Waals surface area (Å²) >= 11 is 0. The Balaban J connectivity index is 2.54. The summed E-state index contributed by atoms with van der Waals surface area (Å²) < 4.78 is 18.8. The molecule has 53 heavy (non-hydrogen) atoms. The lowest BCUT2D eigenvalue weighted by Gasteiger charge is -2.33. The van der Waals surface area contributed by atoms with Gasteiger partial charge < -0.3 is 24.4 Å². The molecule has 0 spiro atoms. The summed E-state index contributed by atoms with van der Waals surface area (Å²) in [6, 6.07) is 0. The van der Waals surface area contributed by atoms with E-state index >= 15 is 0 Å². The summed E-state index contributed by atoms with van der Waals surface area (Å²) in [5, 5.41) is 29.3. The van der Waals surface area contributed by atoms with Crippen molar-refractivity contribution in [2.75, 3.05) is 13.2 Å². The Labute approximate surface area is 323 Å². The highest BCUT2D eigenvalue weighted by molar-refractivity contribution is 5.70. The topological polar surface area (TPSA) is 133 Å². The third-order valence-corrected chi connectivity index (χ3v) is 9.95. The van der Waals surface area contributed by atoms with Crippen LogP contribution in [0.4, 0.5) is 0 Å². The van der Waals surface area contributed by atoms with Gasteiger partial charge in [0.25, 0.3) is 0 Å². The van der Waals surface area contributed by atoms with Crippen LogP contribution in [0.5, 0.6) is 0 Å². The van der Waals surface area contributed by atoms with Crippen LogP contribution in [0.2, 0.25) is 0 Å². The van der Waals surface area contributed by atoms with Gasteiger partial charge in [0.1, 0.15) is 6.61 Å². The SMILES string of the molecule is CCCCCCCCCCCCCC(=O)OCC(Cn1cc(CCC(O)C(C)(C)OCC(C)(C)O)nn1)OC(=O)CCCCCCCCCCCCC. The Morgan fingerprint density at radius 2 is 1.17 bits per heavy atom. The van der Waals surface area contributed by atoms with E-state index in [1.165, 1.54) is 103 Å². The van der Waals surface area contributed by atoms with E-state index in [-0.39, 0.29) is 31.7 Å². The average Bonchev–Trinajstić information content (AvgIpc) is 3.56. The molecule has 0 saturated carbocycles. The predicted molar refractivity (Wildman–Crippen MR) is 214 cm³/mol.